The number of methoxy groups -OCH3 is 1. The van der Waals surface area contributed by atoms with Crippen molar-refractivity contribution in [3.05, 3.63) is 35.4 Å². The molecule has 0 saturated carbocycles. The molecule has 1 aliphatic heterocycles. The Balaban J connectivity index is 1.78. The maximum absolute atomic E-state index is 12.2. The van der Waals surface area contributed by atoms with Crippen LogP contribution in [0.1, 0.15) is 35.2 Å². The number of likely N-dealkylation sites (tertiary alicyclic amines) is 1. The molecule has 25 heavy (non-hydrogen) atoms. The third-order valence-electron chi connectivity index (χ3n) is 4.27. The molecule has 2 amide bonds. The van der Waals surface area contributed by atoms with Crippen LogP contribution < -0.4 is 5.32 Å². The molecule has 0 atom stereocenters. The van der Waals surface area contributed by atoms with Crippen LogP contribution >= 0.6 is 0 Å². The van der Waals surface area contributed by atoms with E-state index in [4.69, 9.17) is 9.84 Å². The van der Waals surface area contributed by atoms with Gasteiger partial charge in [-0.25, -0.2) is 4.79 Å². The minimum absolute atomic E-state index is 0.0432. The number of amides is 2. The van der Waals surface area contributed by atoms with Gasteiger partial charge in [0.05, 0.1) is 25.0 Å². The van der Waals surface area contributed by atoms with E-state index in [0.717, 1.165) is 12.8 Å². The van der Waals surface area contributed by atoms with Crippen molar-refractivity contribution in [1.29, 1.82) is 0 Å². The highest BCUT2D eigenvalue weighted by Gasteiger charge is 2.23. The summed E-state index contributed by atoms with van der Waals surface area (Å²) in [6.45, 7) is 1.68. The van der Waals surface area contributed by atoms with E-state index in [-0.39, 0.29) is 29.8 Å². The first kappa shape index (κ1) is 18.9. The monoisotopic (exact) mass is 348 g/mol. The van der Waals surface area contributed by atoms with Gasteiger partial charge >= 0.3 is 5.97 Å². The van der Waals surface area contributed by atoms with Gasteiger partial charge in [0.15, 0.2) is 0 Å². The number of nitrogens with one attached hydrogen (secondary N) is 1. The van der Waals surface area contributed by atoms with E-state index in [0.29, 0.717) is 31.7 Å². The van der Waals surface area contributed by atoms with Crippen molar-refractivity contribution in [3.8, 4) is 0 Å². The molecule has 0 aliphatic carbocycles. The molecule has 1 aromatic carbocycles. The Labute approximate surface area is 147 Å². The van der Waals surface area contributed by atoms with Crippen LogP contribution in [0.15, 0.2) is 24.3 Å². The fourth-order valence-electron chi connectivity index (χ4n) is 2.90. The van der Waals surface area contributed by atoms with E-state index < -0.39 is 5.97 Å². The molecule has 2 N–H and O–H groups in total. The van der Waals surface area contributed by atoms with Crippen molar-refractivity contribution in [2.45, 2.75) is 31.7 Å². The van der Waals surface area contributed by atoms with E-state index in [9.17, 15) is 14.4 Å². The second kappa shape index (κ2) is 9.17. The van der Waals surface area contributed by atoms with Crippen molar-refractivity contribution in [1.82, 2.24) is 10.2 Å². The van der Waals surface area contributed by atoms with Gasteiger partial charge in [-0.3, -0.25) is 9.59 Å². The molecule has 7 heteroatoms. The van der Waals surface area contributed by atoms with Gasteiger partial charge in [0.1, 0.15) is 0 Å². The number of ether oxygens (including phenoxy) is 1. The first-order chi connectivity index (χ1) is 12.0. The summed E-state index contributed by atoms with van der Waals surface area (Å²) in [5.74, 6) is -1.06. The quantitative estimate of drug-likeness (QED) is 0.768. The lowest BCUT2D eigenvalue weighted by molar-refractivity contribution is -0.133. The van der Waals surface area contributed by atoms with Crippen LogP contribution in [0.25, 0.3) is 0 Å². The van der Waals surface area contributed by atoms with E-state index in [1.165, 1.54) is 12.1 Å². The number of carbonyl (C=O) groups is 3. The number of hydrogen-bond acceptors (Lipinski definition) is 4. The number of hydrogen-bond donors (Lipinski definition) is 2. The predicted octanol–water partition coefficient (Wildman–Crippen LogP) is 1.07. The smallest absolute Gasteiger partial charge is 0.335 e. The molecule has 2 rings (SSSR count). The average Bonchev–Trinajstić information content (AvgIpc) is 2.60. The van der Waals surface area contributed by atoms with Gasteiger partial charge in [0.25, 0.3) is 0 Å². The number of carboxylic acid groups (broad SMARTS) is 1. The number of carbonyl (C=O) groups excluding carboxylic acids is 2. The number of nitrogens with zero attached hydrogens (tertiary/aromatic N) is 1. The summed E-state index contributed by atoms with van der Waals surface area (Å²) in [4.78, 5) is 36.9. The summed E-state index contributed by atoms with van der Waals surface area (Å²) in [6.07, 6.45) is 1.97. The fraction of sp³-hybridized carbons (Fsp3) is 0.500. The highest BCUT2D eigenvalue weighted by Crippen LogP contribution is 2.12. The van der Waals surface area contributed by atoms with Crippen molar-refractivity contribution in [3.63, 3.8) is 0 Å². The lowest BCUT2D eigenvalue weighted by Gasteiger charge is -2.32. The molecule has 1 fully saturated rings. The molecule has 0 unspecified atom stereocenters. The lowest BCUT2D eigenvalue weighted by atomic mass is 10.0. The van der Waals surface area contributed by atoms with Crippen LogP contribution in [-0.4, -0.2) is 60.6 Å². The third-order valence-corrected chi connectivity index (χ3v) is 4.27. The van der Waals surface area contributed by atoms with Gasteiger partial charge in [-0.05, 0) is 30.5 Å². The maximum Gasteiger partial charge on any atom is 0.335 e. The standard InChI is InChI=1S/C18H24N2O5/c1-25-10-7-17(22)20-8-5-15(6-9-20)19-16(21)12-13-3-2-4-14(11-13)18(23)24/h2-4,11,15H,5-10,12H2,1H3,(H,19,21)(H,23,24). The summed E-state index contributed by atoms with van der Waals surface area (Å²) >= 11 is 0. The second-order valence-electron chi connectivity index (χ2n) is 6.15. The van der Waals surface area contributed by atoms with Gasteiger partial charge < -0.3 is 20.1 Å². The second-order valence-corrected chi connectivity index (χ2v) is 6.15. The van der Waals surface area contributed by atoms with Crippen LogP contribution in [0, 0.1) is 0 Å². The Morgan fingerprint density at radius 3 is 2.64 bits per heavy atom. The van der Waals surface area contributed by atoms with Crippen molar-refractivity contribution < 1.29 is 24.2 Å². The molecule has 7 nitrogen and oxygen atoms in total. The van der Waals surface area contributed by atoms with Crippen LogP contribution in [0.5, 0.6) is 0 Å². The zero-order valence-corrected chi connectivity index (χ0v) is 14.4. The van der Waals surface area contributed by atoms with E-state index >= 15 is 0 Å². The molecule has 1 saturated heterocycles. The average molecular weight is 348 g/mol. The maximum atomic E-state index is 12.2. The zero-order chi connectivity index (χ0) is 18.2. The third kappa shape index (κ3) is 5.86. The largest absolute Gasteiger partial charge is 0.478 e. The molecule has 0 aromatic heterocycles. The molecule has 0 spiro atoms. The van der Waals surface area contributed by atoms with Crippen molar-refractivity contribution in [2.24, 2.45) is 0 Å². The normalized spacial score (nSPS) is 15.0. The van der Waals surface area contributed by atoms with Gasteiger partial charge in [0.2, 0.25) is 11.8 Å². The number of piperidine rings is 1. The van der Waals surface area contributed by atoms with Crippen LogP contribution in [-0.2, 0) is 20.7 Å². The van der Waals surface area contributed by atoms with Crippen LogP contribution in [0.3, 0.4) is 0 Å². The lowest BCUT2D eigenvalue weighted by Crippen LogP contribution is -2.47. The van der Waals surface area contributed by atoms with Gasteiger partial charge in [-0.1, -0.05) is 12.1 Å². The van der Waals surface area contributed by atoms with Gasteiger partial charge in [-0.15, -0.1) is 0 Å². The Morgan fingerprint density at radius 1 is 1.28 bits per heavy atom. The Kier molecular flexibility index (Phi) is 6.94. The molecule has 0 bridgehead atoms. The first-order valence-electron chi connectivity index (χ1n) is 8.38. The summed E-state index contributed by atoms with van der Waals surface area (Å²) < 4.78 is 4.92. The minimum atomic E-state index is -1.01. The van der Waals surface area contributed by atoms with E-state index in [2.05, 4.69) is 5.32 Å². The summed E-state index contributed by atoms with van der Waals surface area (Å²) in [5.41, 5.74) is 0.845. The SMILES string of the molecule is COCCC(=O)N1CCC(NC(=O)Cc2cccc(C(=O)O)c2)CC1. The molecule has 1 heterocycles. The molecular formula is C18H24N2O5. The van der Waals surface area contributed by atoms with Crippen LogP contribution in [0.4, 0.5) is 0 Å². The zero-order valence-electron chi connectivity index (χ0n) is 14.4. The molecule has 1 aliphatic rings. The van der Waals surface area contributed by atoms with Crippen LogP contribution in [0.2, 0.25) is 0 Å². The van der Waals surface area contributed by atoms with Crippen molar-refractivity contribution in [2.75, 3.05) is 26.8 Å². The number of aromatic carboxylic acids is 1. The van der Waals surface area contributed by atoms with Gasteiger partial charge in [-0.2, -0.15) is 0 Å². The Bertz CT molecular complexity index is 624. The summed E-state index contributed by atoms with van der Waals surface area (Å²) in [5, 5.41) is 12.0. The predicted molar refractivity (Wildman–Crippen MR) is 91.3 cm³/mol. The highest BCUT2D eigenvalue weighted by atomic mass is 16.5. The van der Waals surface area contributed by atoms with Crippen molar-refractivity contribution >= 4 is 17.8 Å². The number of carboxylic acids is 1. The number of benzene rings is 1. The molecule has 1 aromatic rings. The number of rotatable bonds is 7. The Morgan fingerprint density at radius 2 is 2.00 bits per heavy atom. The molecule has 136 valence electrons. The molecular weight excluding hydrogens is 324 g/mol. The highest BCUT2D eigenvalue weighted by molar-refractivity contribution is 5.88. The minimum Gasteiger partial charge on any atom is -0.478 e. The summed E-state index contributed by atoms with van der Waals surface area (Å²) in [7, 11) is 1.57. The van der Waals surface area contributed by atoms with Gasteiger partial charge in [0, 0.05) is 26.2 Å². The molecule has 0 radical (unpaired) electrons. The Hall–Kier alpha value is -2.41. The fourth-order valence-corrected chi connectivity index (χ4v) is 2.90. The summed E-state index contributed by atoms with van der Waals surface area (Å²) in [6, 6.07) is 6.43. The van der Waals surface area contributed by atoms with E-state index in [1.54, 1.807) is 24.1 Å². The first-order valence-corrected chi connectivity index (χ1v) is 8.38. The topological polar surface area (TPSA) is 95.9 Å². The van der Waals surface area contributed by atoms with E-state index in [1.807, 2.05) is 0 Å².